The van der Waals surface area contributed by atoms with Crippen molar-refractivity contribution in [1.29, 1.82) is 0 Å². The van der Waals surface area contributed by atoms with E-state index in [9.17, 15) is 0 Å². The third-order valence-electron chi connectivity index (χ3n) is 2.68. The largest absolute Gasteiger partial charge is 0.311 e. The van der Waals surface area contributed by atoms with Gasteiger partial charge in [0.15, 0.2) is 0 Å². The molecule has 0 atom stereocenters. The number of nitrogens with zero attached hydrogens (tertiary/aromatic N) is 2. The molecule has 3 nitrogen and oxygen atoms in total. The highest BCUT2D eigenvalue weighted by molar-refractivity contribution is 9.10. The second kappa shape index (κ2) is 8.39. The fraction of sp³-hybridized carbons (Fsp3) is 0.333. The smallest absolute Gasteiger partial charge is 0.138 e. The molecule has 0 aliphatic carbocycles. The Morgan fingerprint density at radius 1 is 1.20 bits per heavy atom. The molecule has 0 amide bonds. The van der Waals surface area contributed by atoms with Gasteiger partial charge in [0.1, 0.15) is 5.82 Å². The Morgan fingerprint density at radius 3 is 2.75 bits per heavy atom. The maximum Gasteiger partial charge on any atom is 0.138 e. The summed E-state index contributed by atoms with van der Waals surface area (Å²) in [7, 11) is 0. The fourth-order valence-electron chi connectivity index (χ4n) is 1.68. The van der Waals surface area contributed by atoms with Gasteiger partial charge in [0.05, 0.1) is 11.4 Å². The van der Waals surface area contributed by atoms with Crippen LogP contribution >= 0.6 is 27.7 Å². The molecule has 0 spiro atoms. The molecule has 5 heteroatoms. The predicted octanol–water partition coefficient (Wildman–Crippen LogP) is 4.03. The van der Waals surface area contributed by atoms with E-state index in [0.717, 1.165) is 41.3 Å². The first kappa shape index (κ1) is 15.5. The lowest BCUT2D eigenvalue weighted by Crippen LogP contribution is -2.15. The summed E-state index contributed by atoms with van der Waals surface area (Å²) in [4.78, 5) is 10.1. The van der Waals surface area contributed by atoms with Crippen molar-refractivity contribution >= 4 is 27.7 Å². The van der Waals surface area contributed by atoms with E-state index in [1.165, 1.54) is 4.90 Å². The lowest BCUT2D eigenvalue weighted by atomic mass is 10.4. The van der Waals surface area contributed by atoms with Crippen LogP contribution in [0.5, 0.6) is 0 Å². The van der Waals surface area contributed by atoms with Crippen molar-refractivity contribution in [1.82, 2.24) is 15.3 Å². The molecule has 2 rings (SSSR count). The van der Waals surface area contributed by atoms with Crippen LogP contribution < -0.4 is 5.32 Å². The summed E-state index contributed by atoms with van der Waals surface area (Å²) in [5.74, 6) is 1.68. The number of rotatable bonds is 7. The summed E-state index contributed by atoms with van der Waals surface area (Å²) >= 11 is 5.19. The third kappa shape index (κ3) is 5.23. The van der Waals surface area contributed by atoms with Crippen molar-refractivity contribution in [3.05, 3.63) is 52.5 Å². The number of benzene rings is 1. The van der Waals surface area contributed by atoms with Gasteiger partial charge >= 0.3 is 0 Å². The maximum atomic E-state index is 4.57. The van der Waals surface area contributed by atoms with Gasteiger partial charge in [-0.25, -0.2) is 9.97 Å². The molecule has 1 aromatic carbocycles. The molecule has 106 valence electrons. The number of aromatic nitrogens is 2. The van der Waals surface area contributed by atoms with Crippen LogP contribution in [0.15, 0.2) is 45.9 Å². The molecule has 1 aromatic heterocycles. The minimum atomic E-state index is 0.795. The Kier molecular flexibility index (Phi) is 6.50. The first-order valence-electron chi connectivity index (χ1n) is 6.68. The highest BCUT2D eigenvalue weighted by Gasteiger charge is 2.01. The van der Waals surface area contributed by atoms with Crippen LogP contribution in [0, 0.1) is 0 Å². The first-order valence-corrected chi connectivity index (χ1v) is 8.45. The highest BCUT2D eigenvalue weighted by Crippen LogP contribution is 2.23. The van der Waals surface area contributed by atoms with Gasteiger partial charge in [-0.05, 0) is 43.3 Å². The summed E-state index contributed by atoms with van der Waals surface area (Å²) in [6, 6.07) is 10.3. The number of thioether (sulfide) groups is 1. The average molecular weight is 352 g/mol. The Labute approximate surface area is 132 Å². The molecule has 0 aliphatic rings. The molecule has 20 heavy (non-hydrogen) atoms. The summed E-state index contributed by atoms with van der Waals surface area (Å²) < 4.78 is 1.10. The lowest BCUT2D eigenvalue weighted by Gasteiger charge is -2.05. The number of hydrogen-bond donors (Lipinski definition) is 1. The lowest BCUT2D eigenvalue weighted by molar-refractivity contribution is 0.660. The molecule has 0 radical (unpaired) electrons. The van der Waals surface area contributed by atoms with E-state index in [0.29, 0.717) is 0 Å². The third-order valence-corrected chi connectivity index (χ3v) is 4.21. The minimum Gasteiger partial charge on any atom is -0.311 e. The zero-order chi connectivity index (χ0) is 14.2. The van der Waals surface area contributed by atoms with E-state index >= 15 is 0 Å². The number of nitrogens with one attached hydrogen (secondary N) is 1. The highest BCUT2D eigenvalue weighted by atomic mass is 79.9. The van der Waals surface area contributed by atoms with Gasteiger partial charge in [0.2, 0.25) is 0 Å². The molecule has 2 aromatic rings. The zero-order valence-electron chi connectivity index (χ0n) is 11.5. The molecule has 0 bridgehead atoms. The number of halogens is 1. The molecular formula is C15H18BrN3S. The van der Waals surface area contributed by atoms with Crippen LogP contribution in [0.4, 0.5) is 0 Å². The van der Waals surface area contributed by atoms with Gasteiger partial charge in [-0.15, -0.1) is 11.8 Å². The zero-order valence-corrected chi connectivity index (χ0v) is 13.9. The molecular weight excluding hydrogens is 334 g/mol. The second-order valence-corrected chi connectivity index (χ2v) is 6.35. The monoisotopic (exact) mass is 351 g/mol. The van der Waals surface area contributed by atoms with E-state index in [1.54, 1.807) is 11.8 Å². The molecule has 0 aliphatic heterocycles. The van der Waals surface area contributed by atoms with Crippen LogP contribution in [-0.4, -0.2) is 16.5 Å². The topological polar surface area (TPSA) is 37.8 Å². The average Bonchev–Trinajstić information content (AvgIpc) is 2.47. The van der Waals surface area contributed by atoms with Crippen molar-refractivity contribution in [2.24, 2.45) is 0 Å². The Morgan fingerprint density at radius 2 is 2.00 bits per heavy atom. The Balaban J connectivity index is 1.89. The van der Waals surface area contributed by atoms with E-state index in [2.05, 4.69) is 50.3 Å². The van der Waals surface area contributed by atoms with Crippen LogP contribution in [-0.2, 0) is 12.3 Å². The molecule has 0 saturated carbocycles. The van der Waals surface area contributed by atoms with E-state index in [-0.39, 0.29) is 0 Å². The van der Waals surface area contributed by atoms with E-state index in [4.69, 9.17) is 0 Å². The van der Waals surface area contributed by atoms with Crippen LogP contribution in [0.25, 0.3) is 0 Å². The summed E-state index contributed by atoms with van der Waals surface area (Å²) in [6.07, 6.45) is 2.98. The van der Waals surface area contributed by atoms with Crippen LogP contribution in [0.3, 0.4) is 0 Å². The van der Waals surface area contributed by atoms with Gasteiger partial charge < -0.3 is 5.32 Å². The second-order valence-electron chi connectivity index (χ2n) is 4.38. The maximum absolute atomic E-state index is 4.57. The molecule has 0 saturated heterocycles. The van der Waals surface area contributed by atoms with Crippen molar-refractivity contribution in [2.45, 2.75) is 30.5 Å². The molecule has 0 fully saturated rings. The molecule has 1 N–H and O–H groups in total. The minimum absolute atomic E-state index is 0.795. The van der Waals surface area contributed by atoms with Crippen LogP contribution in [0.2, 0.25) is 0 Å². The van der Waals surface area contributed by atoms with Crippen molar-refractivity contribution < 1.29 is 0 Å². The standard InChI is InChI=1S/C15H18BrN3S/c1-2-8-17-10-13-7-9-18-15(19-13)11-20-14-5-3-12(16)4-6-14/h3-7,9,17H,2,8,10-11H2,1H3. The first-order chi connectivity index (χ1) is 9.78. The molecule has 0 unspecified atom stereocenters. The quantitative estimate of drug-likeness (QED) is 0.603. The van der Waals surface area contributed by atoms with Crippen molar-refractivity contribution in [3.63, 3.8) is 0 Å². The van der Waals surface area contributed by atoms with Crippen LogP contribution in [0.1, 0.15) is 24.9 Å². The Hall–Kier alpha value is -0.910. The van der Waals surface area contributed by atoms with Gasteiger partial charge in [-0.2, -0.15) is 0 Å². The predicted molar refractivity (Wildman–Crippen MR) is 87.7 cm³/mol. The van der Waals surface area contributed by atoms with E-state index < -0.39 is 0 Å². The summed E-state index contributed by atoms with van der Waals surface area (Å²) in [6.45, 7) is 3.99. The normalized spacial score (nSPS) is 10.7. The fourth-order valence-corrected chi connectivity index (χ4v) is 2.71. The van der Waals surface area contributed by atoms with Gasteiger partial charge in [0, 0.05) is 22.1 Å². The van der Waals surface area contributed by atoms with Gasteiger partial charge in [-0.3, -0.25) is 0 Å². The SMILES string of the molecule is CCCNCc1ccnc(CSc2ccc(Br)cc2)n1. The Bertz CT molecular complexity index is 531. The van der Waals surface area contributed by atoms with Gasteiger partial charge in [0.25, 0.3) is 0 Å². The van der Waals surface area contributed by atoms with Crippen molar-refractivity contribution in [3.8, 4) is 0 Å². The number of hydrogen-bond acceptors (Lipinski definition) is 4. The van der Waals surface area contributed by atoms with E-state index in [1.807, 2.05) is 24.4 Å². The summed E-state index contributed by atoms with van der Waals surface area (Å²) in [5.41, 5.74) is 1.06. The summed E-state index contributed by atoms with van der Waals surface area (Å²) in [5, 5.41) is 3.36. The van der Waals surface area contributed by atoms with Gasteiger partial charge in [-0.1, -0.05) is 22.9 Å². The molecule has 1 heterocycles. The van der Waals surface area contributed by atoms with Crippen molar-refractivity contribution in [2.75, 3.05) is 6.54 Å².